The van der Waals surface area contributed by atoms with Crippen LogP contribution < -0.4 is 19.0 Å². The number of nitrogens with one attached hydrogen (secondary N) is 2. The quantitative estimate of drug-likeness (QED) is 0.523. The Morgan fingerprint density at radius 2 is 1.47 bits per heavy atom. The number of rotatable bonds is 10. The Morgan fingerprint density at radius 3 is 2.13 bits per heavy atom. The standard InChI is InChI=1S/C19H24N2O7S2/c1-3-12-29(23,24)27-16-9-7-8-15(14-16)20-19(22)21-17-10-5-6-11-18(17)28-30(25,26)13-4-2/h5-11,14H,3-4,12-13H2,1-2H3,(H2,20,21,22). The summed E-state index contributed by atoms with van der Waals surface area (Å²) in [5, 5.41) is 5.05. The molecule has 0 saturated heterocycles. The van der Waals surface area contributed by atoms with Crippen molar-refractivity contribution in [3.05, 3.63) is 48.5 Å². The third-order valence-electron chi connectivity index (χ3n) is 3.58. The van der Waals surface area contributed by atoms with Gasteiger partial charge in [-0.05, 0) is 37.1 Å². The fraction of sp³-hybridized carbons (Fsp3) is 0.316. The van der Waals surface area contributed by atoms with E-state index >= 15 is 0 Å². The van der Waals surface area contributed by atoms with Crippen LogP contribution in [0.4, 0.5) is 16.2 Å². The molecule has 0 radical (unpaired) electrons. The number of amides is 2. The van der Waals surface area contributed by atoms with Crippen molar-refractivity contribution in [3.8, 4) is 11.5 Å². The molecule has 164 valence electrons. The van der Waals surface area contributed by atoms with Gasteiger partial charge in [-0.15, -0.1) is 0 Å². The van der Waals surface area contributed by atoms with E-state index in [2.05, 4.69) is 10.6 Å². The molecule has 0 heterocycles. The highest BCUT2D eigenvalue weighted by Crippen LogP contribution is 2.26. The van der Waals surface area contributed by atoms with Crippen molar-refractivity contribution in [3.63, 3.8) is 0 Å². The number of benzene rings is 2. The fourth-order valence-electron chi connectivity index (χ4n) is 2.42. The summed E-state index contributed by atoms with van der Waals surface area (Å²) in [7, 11) is -7.48. The molecule has 0 spiro atoms. The first kappa shape index (κ1) is 23.5. The minimum Gasteiger partial charge on any atom is -0.382 e. The Bertz CT molecular complexity index is 1080. The molecule has 0 unspecified atom stereocenters. The molecule has 0 aliphatic rings. The minimum atomic E-state index is -3.77. The van der Waals surface area contributed by atoms with Crippen molar-refractivity contribution in [2.45, 2.75) is 26.7 Å². The van der Waals surface area contributed by atoms with Crippen LogP contribution in [-0.2, 0) is 20.2 Å². The summed E-state index contributed by atoms with van der Waals surface area (Å²) in [5.41, 5.74) is 0.446. The number of anilines is 2. The maximum atomic E-state index is 12.3. The van der Waals surface area contributed by atoms with E-state index in [-0.39, 0.29) is 34.4 Å². The molecule has 2 rings (SSSR count). The van der Waals surface area contributed by atoms with Crippen LogP contribution in [0.25, 0.3) is 0 Å². The number of urea groups is 1. The molecule has 2 amide bonds. The summed E-state index contributed by atoms with van der Waals surface area (Å²) < 4.78 is 57.5. The average Bonchev–Trinajstić information content (AvgIpc) is 2.62. The Labute approximate surface area is 176 Å². The monoisotopic (exact) mass is 456 g/mol. The number of hydrogen-bond donors (Lipinski definition) is 2. The van der Waals surface area contributed by atoms with Gasteiger partial charge in [-0.3, -0.25) is 0 Å². The van der Waals surface area contributed by atoms with Gasteiger partial charge in [0.1, 0.15) is 5.75 Å². The Morgan fingerprint density at radius 1 is 0.833 bits per heavy atom. The second-order valence-corrected chi connectivity index (χ2v) is 9.67. The van der Waals surface area contributed by atoms with Crippen LogP contribution in [-0.4, -0.2) is 34.4 Å². The van der Waals surface area contributed by atoms with Gasteiger partial charge in [0.05, 0.1) is 17.2 Å². The third kappa shape index (κ3) is 7.56. The van der Waals surface area contributed by atoms with Gasteiger partial charge in [0, 0.05) is 11.8 Å². The maximum absolute atomic E-state index is 12.3. The number of carbonyl (C=O) groups is 1. The van der Waals surface area contributed by atoms with E-state index in [0.717, 1.165) is 0 Å². The zero-order chi connectivity index (χ0) is 22.2. The van der Waals surface area contributed by atoms with Gasteiger partial charge in [0.25, 0.3) is 0 Å². The van der Waals surface area contributed by atoms with Gasteiger partial charge < -0.3 is 19.0 Å². The molecule has 0 aliphatic carbocycles. The topological polar surface area (TPSA) is 128 Å². The molecule has 0 aliphatic heterocycles. The second kappa shape index (κ2) is 10.3. The third-order valence-corrected chi connectivity index (χ3v) is 6.27. The molecule has 2 N–H and O–H groups in total. The first-order valence-corrected chi connectivity index (χ1v) is 12.4. The molecular formula is C19H24N2O7S2. The van der Waals surface area contributed by atoms with E-state index in [4.69, 9.17) is 8.37 Å². The van der Waals surface area contributed by atoms with E-state index in [1.807, 2.05) is 0 Å². The number of hydrogen-bond acceptors (Lipinski definition) is 7. The highest BCUT2D eigenvalue weighted by atomic mass is 32.2. The molecule has 0 saturated carbocycles. The maximum Gasteiger partial charge on any atom is 0.323 e. The molecular weight excluding hydrogens is 432 g/mol. The van der Waals surface area contributed by atoms with Gasteiger partial charge in [-0.25, -0.2) is 4.79 Å². The van der Waals surface area contributed by atoms with Crippen LogP contribution in [0.5, 0.6) is 11.5 Å². The molecule has 0 aromatic heterocycles. The molecule has 11 heteroatoms. The first-order chi connectivity index (χ1) is 14.1. The average molecular weight is 457 g/mol. The molecule has 30 heavy (non-hydrogen) atoms. The van der Waals surface area contributed by atoms with E-state index < -0.39 is 26.3 Å². The van der Waals surface area contributed by atoms with Crippen molar-refractivity contribution in [2.75, 3.05) is 22.1 Å². The predicted molar refractivity (Wildman–Crippen MR) is 115 cm³/mol. The van der Waals surface area contributed by atoms with Crippen molar-refractivity contribution in [1.29, 1.82) is 0 Å². The van der Waals surface area contributed by atoms with Gasteiger partial charge in [-0.1, -0.05) is 32.0 Å². The van der Waals surface area contributed by atoms with Crippen LogP contribution in [0.3, 0.4) is 0 Å². The van der Waals surface area contributed by atoms with Crippen LogP contribution in [0.15, 0.2) is 48.5 Å². The zero-order valence-corrected chi connectivity index (χ0v) is 18.3. The Hall–Kier alpha value is -2.79. The summed E-state index contributed by atoms with van der Waals surface area (Å²) in [6.45, 7) is 3.43. The SMILES string of the molecule is CCCS(=O)(=O)Oc1cccc(NC(=O)Nc2ccccc2OS(=O)(=O)CCC)c1. The van der Waals surface area contributed by atoms with Crippen molar-refractivity contribution in [1.82, 2.24) is 0 Å². The molecule has 0 atom stereocenters. The van der Waals surface area contributed by atoms with Gasteiger partial charge >= 0.3 is 26.3 Å². The number of para-hydroxylation sites is 2. The summed E-state index contributed by atoms with van der Waals surface area (Å²) in [6.07, 6.45) is 0.808. The largest absolute Gasteiger partial charge is 0.382 e. The summed E-state index contributed by atoms with van der Waals surface area (Å²) in [5.74, 6) is -0.219. The second-order valence-electron chi connectivity index (χ2n) is 6.29. The van der Waals surface area contributed by atoms with Crippen LogP contribution in [0, 0.1) is 0 Å². The summed E-state index contributed by atoms with van der Waals surface area (Å²) in [4.78, 5) is 12.3. The summed E-state index contributed by atoms with van der Waals surface area (Å²) >= 11 is 0. The number of carbonyl (C=O) groups excluding carboxylic acids is 1. The van der Waals surface area contributed by atoms with Crippen molar-refractivity contribution in [2.24, 2.45) is 0 Å². The lowest BCUT2D eigenvalue weighted by atomic mass is 10.3. The van der Waals surface area contributed by atoms with Gasteiger partial charge in [0.15, 0.2) is 5.75 Å². The van der Waals surface area contributed by atoms with E-state index in [1.54, 1.807) is 32.0 Å². The first-order valence-electron chi connectivity index (χ1n) is 9.25. The lowest BCUT2D eigenvalue weighted by Crippen LogP contribution is -2.21. The fourth-order valence-corrected chi connectivity index (χ4v) is 4.40. The molecule has 0 bridgehead atoms. The van der Waals surface area contributed by atoms with E-state index in [1.165, 1.54) is 30.3 Å². The molecule has 0 fully saturated rings. The molecule has 9 nitrogen and oxygen atoms in total. The van der Waals surface area contributed by atoms with Crippen molar-refractivity contribution >= 4 is 37.6 Å². The van der Waals surface area contributed by atoms with E-state index in [0.29, 0.717) is 12.8 Å². The minimum absolute atomic E-state index is 0.0103. The smallest absolute Gasteiger partial charge is 0.323 e. The summed E-state index contributed by atoms with van der Waals surface area (Å²) in [6, 6.07) is 11.3. The van der Waals surface area contributed by atoms with Crippen LogP contribution in [0.2, 0.25) is 0 Å². The highest BCUT2D eigenvalue weighted by Gasteiger charge is 2.16. The zero-order valence-electron chi connectivity index (χ0n) is 16.6. The lowest BCUT2D eigenvalue weighted by molar-refractivity contribution is 0.262. The van der Waals surface area contributed by atoms with Gasteiger partial charge in [-0.2, -0.15) is 16.8 Å². The van der Waals surface area contributed by atoms with Crippen molar-refractivity contribution < 1.29 is 30.0 Å². The normalized spacial score (nSPS) is 11.5. The predicted octanol–water partition coefficient (Wildman–Crippen LogP) is 3.57. The van der Waals surface area contributed by atoms with E-state index in [9.17, 15) is 21.6 Å². The highest BCUT2D eigenvalue weighted by molar-refractivity contribution is 7.87. The lowest BCUT2D eigenvalue weighted by Gasteiger charge is -2.13. The van der Waals surface area contributed by atoms with Gasteiger partial charge in [0.2, 0.25) is 0 Å². The Kier molecular flexibility index (Phi) is 8.07. The van der Waals surface area contributed by atoms with Crippen LogP contribution in [0.1, 0.15) is 26.7 Å². The van der Waals surface area contributed by atoms with Crippen LogP contribution >= 0.6 is 0 Å². The molecule has 2 aromatic rings. The molecule has 2 aromatic carbocycles. The Balaban J connectivity index is 2.09.